The fourth-order valence-corrected chi connectivity index (χ4v) is 4.64. The van der Waals surface area contributed by atoms with Crippen LogP contribution in [0.1, 0.15) is 21.5 Å². The van der Waals surface area contributed by atoms with Crippen LogP contribution in [-0.2, 0) is 19.5 Å². The molecule has 2 heterocycles. The minimum atomic E-state index is 0. The number of Topliss-reactive ketones (excluding diaryl/α,β-unsaturated/α-hetero) is 1. The molecule has 164 valence electrons. The number of hydrogen-bond acceptors (Lipinski definition) is 2. The molecule has 0 atom stereocenters. The molecule has 0 spiro atoms. The van der Waals surface area contributed by atoms with Gasteiger partial charge in [0.05, 0.1) is 6.61 Å². The van der Waals surface area contributed by atoms with E-state index < -0.39 is 0 Å². The van der Waals surface area contributed by atoms with Gasteiger partial charge in [-0.1, -0.05) is 54.6 Å². The molecule has 0 aliphatic carbocycles. The van der Waals surface area contributed by atoms with Gasteiger partial charge < -0.3 is 21.7 Å². The summed E-state index contributed by atoms with van der Waals surface area (Å²) in [5, 5.41) is 2.24. The number of carbonyl (C=O) groups excluding carboxylic acids is 1. The standard InChI is InChI=1S/C28H23N2O2.BrH/c31-27(23-11-10-21-5-1-2-6-22(21)16-23)18-30-19-29(25-7-3-4-8-26(25)30)17-20-9-12-28-24(15-20)13-14-32-28;/h1-12,15-16,19H,13-14,17-18H2;1H/q+1;/p-1. The van der Waals surface area contributed by atoms with E-state index in [1.54, 1.807) is 0 Å². The Morgan fingerprint density at radius 3 is 2.64 bits per heavy atom. The third kappa shape index (κ3) is 4.05. The molecule has 1 aliphatic rings. The first-order valence-electron chi connectivity index (χ1n) is 11.0. The van der Waals surface area contributed by atoms with Crippen molar-refractivity contribution >= 4 is 27.6 Å². The highest BCUT2D eigenvalue weighted by Crippen LogP contribution is 2.26. The number of carbonyl (C=O) groups is 1. The van der Waals surface area contributed by atoms with Crippen LogP contribution in [0, 0.1) is 0 Å². The van der Waals surface area contributed by atoms with Crippen molar-refractivity contribution in [2.24, 2.45) is 0 Å². The number of rotatable bonds is 5. The van der Waals surface area contributed by atoms with E-state index in [4.69, 9.17) is 4.74 Å². The zero-order chi connectivity index (χ0) is 21.5. The van der Waals surface area contributed by atoms with Crippen LogP contribution >= 0.6 is 0 Å². The van der Waals surface area contributed by atoms with Crippen LogP contribution in [0.3, 0.4) is 0 Å². The minimum Gasteiger partial charge on any atom is -1.00 e. The summed E-state index contributed by atoms with van der Waals surface area (Å²) in [6.07, 6.45) is 3.03. The van der Waals surface area contributed by atoms with Gasteiger partial charge in [-0.05, 0) is 52.2 Å². The van der Waals surface area contributed by atoms with Crippen molar-refractivity contribution in [3.63, 3.8) is 0 Å². The highest BCUT2D eigenvalue weighted by Gasteiger charge is 2.20. The number of halogens is 1. The van der Waals surface area contributed by atoms with Crippen molar-refractivity contribution in [1.82, 2.24) is 4.57 Å². The molecule has 5 aromatic rings. The Labute approximate surface area is 202 Å². The topological polar surface area (TPSA) is 35.1 Å². The van der Waals surface area contributed by atoms with E-state index in [2.05, 4.69) is 51.9 Å². The Balaban J connectivity index is 0.00000228. The molecular weight excluding hydrogens is 476 g/mol. The molecule has 0 saturated heterocycles. The van der Waals surface area contributed by atoms with Gasteiger partial charge in [-0.15, -0.1) is 0 Å². The van der Waals surface area contributed by atoms with Gasteiger partial charge in [0.2, 0.25) is 12.1 Å². The van der Waals surface area contributed by atoms with Gasteiger partial charge in [-0.2, -0.15) is 0 Å². The summed E-state index contributed by atoms with van der Waals surface area (Å²) in [6.45, 7) is 1.83. The maximum Gasteiger partial charge on any atom is 0.245 e. The lowest BCUT2D eigenvalue weighted by atomic mass is 10.0. The molecule has 6 rings (SSSR count). The lowest BCUT2D eigenvalue weighted by molar-refractivity contribution is -0.663. The van der Waals surface area contributed by atoms with Crippen LogP contribution in [0.5, 0.6) is 5.75 Å². The van der Waals surface area contributed by atoms with Crippen molar-refractivity contribution in [2.45, 2.75) is 19.5 Å². The van der Waals surface area contributed by atoms with Crippen molar-refractivity contribution in [3.8, 4) is 5.75 Å². The van der Waals surface area contributed by atoms with E-state index in [1.165, 1.54) is 11.1 Å². The number of hydrogen-bond donors (Lipinski definition) is 0. The number of nitrogens with zero attached hydrogens (tertiary/aromatic N) is 2. The Kier molecular flexibility index (Phi) is 5.73. The molecule has 0 amide bonds. The summed E-state index contributed by atoms with van der Waals surface area (Å²) in [5.41, 5.74) is 5.44. The SMILES string of the molecule is O=C(Cn1c[n+](Cc2ccc3c(c2)CCO3)c2ccccc21)c1ccc2ccccc2c1.[Br-]. The number of ketones is 1. The first kappa shape index (κ1) is 21.4. The third-order valence-electron chi connectivity index (χ3n) is 6.27. The predicted octanol–water partition coefficient (Wildman–Crippen LogP) is 1.95. The van der Waals surface area contributed by atoms with Crippen LogP contribution in [0.4, 0.5) is 0 Å². The Morgan fingerprint density at radius 2 is 1.73 bits per heavy atom. The van der Waals surface area contributed by atoms with Crippen LogP contribution in [-0.4, -0.2) is 17.0 Å². The van der Waals surface area contributed by atoms with Crippen LogP contribution in [0.25, 0.3) is 21.8 Å². The second-order valence-electron chi connectivity index (χ2n) is 8.39. The summed E-state index contributed by atoms with van der Waals surface area (Å²) in [7, 11) is 0. The summed E-state index contributed by atoms with van der Waals surface area (Å²) in [5.74, 6) is 1.11. The van der Waals surface area contributed by atoms with Crippen LogP contribution < -0.4 is 26.3 Å². The van der Waals surface area contributed by atoms with Gasteiger partial charge in [0.1, 0.15) is 12.3 Å². The Hall–Kier alpha value is -3.44. The molecule has 4 nitrogen and oxygen atoms in total. The zero-order valence-corrected chi connectivity index (χ0v) is 19.7. The van der Waals surface area contributed by atoms with Gasteiger partial charge in [-0.3, -0.25) is 4.79 Å². The first-order chi connectivity index (χ1) is 15.7. The van der Waals surface area contributed by atoms with E-state index in [0.29, 0.717) is 6.54 Å². The monoisotopic (exact) mass is 498 g/mol. The highest BCUT2D eigenvalue weighted by molar-refractivity contribution is 6.00. The fraction of sp³-hybridized carbons (Fsp3) is 0.143. The van der Waals surface area contributed by atoms with Crippen molar-refractivity contribution in [2.75, 3.05) is 6.61 Å². The molecule has 0 unspecified atom stereocenters. The van der Waals surface area contributed by atoms with E-state index in [0.717, 1.165) is 52.7 Å². The molecule has 0 bridgehead atoms. The van der Waals surface area contributed by atoms with E-state index in [9.17, 15) is 4.79 Å². The van der Waals surface area contributed by atoms with Gasteiger partial charge >= 0.3 is 0 Å². The number of benzene rings is 4. The maximum absolute atomic E-state index is 13.2. The van der Waals surface area contributed by atoms with Crippen molar-refractivity contribution in [1.29, 1.82) is 0 Å². The average Bonchev–Trinajstić information content (AvgIpc) is 3.43. The second kappa shape index (κ2) is 8.83. The maximum atomic E-state index is 13.2. The fourth-order valence-electron chi connectivity index (χ4n) is 4.64. The molecule has 0 radical (unpaired) electrons. The lowest BCUT2D eigenvalue weighted by Crippen LogP contribution is -3.00. The molecule has 1 aliphatic heterocycles. The smallest absolute Gasteiger partial charge is 0.245 e. The van der Waals surface area contributed by atoms with Crippen molar-refractivity contribution < 1.29 is 31.1 Å². The summed E-state index contributed by atoms with van der Waals surface area (Å²) < 4.78 is 9.92. The zero-order valence-electron chi connectivity index (χ0n) is 18.1. The predicted molar refractivity (Wildman–Crippen MR) is 125 cm³/mol. The second-order valence-corrected chi connectivity index (χ2v) is 8.39. The van der Waals surface area contributed by atoms with Gasteiger partial charge in [0.15, 0.2) is 17.6 Å². The number of para-hydroxylation sites is 2. The van der Waals surface area contributed by atoms with Gasteiger partial charge in [0.25, 0.3) is 0 Å². The third-order valence-corrected chi connectivity index (χ3v) is 6.27. The molecule has 1 aromatic heterocycles. The summed E-state index contributed by atoms with van der Waals surface area (Å²) >= 11 is 0. The molecular formula is C28H23BrN2O2. The summed E-state index contributed by atoms with van der Waals surface area (Å²) in [6, 6.07) is 28.8. The lowest BCUT2D eigenvalue weighted by Gasteiger charge is -2.03. The minimum absolute atomic E-state index is 0. The van der Waals surface area contributed by atoms with Crippen LogP contribution in [0.15, 0.2) is 91.3 Å². The van der Waals surface area contributed by atoms with Gasteiger partial charge in [-0.25, -0.2) is 9.13 Å². The molecule has 33 heavy (non-hydrogen) atoms. The van der Waals surface area contributed by atoms with Gasteiger partial charge in [0, 0.05) is 12.0 Å². The molecule has 4 aromatic carbocycles. The number of imidazole rings is 1. The molecule has 0 fully saturated rings. The van der Waals surface area contributed by atoms with E-state index >= 15 is 0 Å². The van der Waals surface area contributed by atoms with Crippen LogP contribution in [0.2, 0.25) is 0 Å². The quantitative estimate of drug-likeness (QED) is 0.274. The highest BCUT2D eigenvalue weighted by atomic mass is 79.9. The largest absolute Gasteiger partial charge is 1.00 e. The number of aromatic nitrogens is 2. The number of fused-ring (bicyclic) bond motifs is 3. The molecule has 0 N–H and O–H groups in total. The Bertz CT molecular complexity index is 1490. The number of ether oxygens (including phenoxy) is 1. The first-order valence-corrected chi connectivity index (χ1v) is 11.0. The van der Waals surface area contributed by atoms with E-state index in [-0.39, 0.29) is 22.8 Å². The Morgan fingerprint density at radius 1 is 0.909 bits per heavy atom. The molecule has 5 heteroatoms. The average molecular weight is 499 g/mol. The van der Waals surface area contributed by atoms with Crippen molar-refractivity contribution in [3.05, 3.63) is 108 Å². The summed E-state index contributed by atoms with van der Waals surface area (Å²) in [4.78, 5) is 13.2. The van der Waals surface area contributed by atoms with E-state index in [1.807, 2.05) is 48.5 Å². The normalized spacial score (nSPS) is 12.4. The molecule has 0 saturated carbocycles.